The van der Waals surface area contributed by atoms with Crippen molar-refractivity contribution in [3.8, 4) is 0 Å². The predicted molar refractivity (Wildman–Crippen MR) is 68.8 cm³/mol. The van der Waals surface area contributed by atoms with Crippen LogP contribution in [0.1, 0.15) is 37.4 Å². The lowest BCUT2D eigenvalue weighted by Crippen LogP contribution is -1.98. The summed E-state index contributed by atoms with van der Waals surface area (Å²) >= 11 is 6.87. The highest BCUT2D eigenvalue weighted by Gasteiger charge is 2.22. The monoisotopic (exact) mass is 332 g/mol. The molecule has 82 valence electrons. The van der Waals surface area contributed by atoms with E-state index in [-0.39, 0.29) is 6.10 Å². The van der Waals surface area contributed by atoms with Crippen LogP contribution in [0.15, 0.2) is 27.1 Å². The third-order valence-electron chi connectivity index (χ3n) is 2.81. The van der Waals surface area contributed by atoms with Gasteiger partial charge in [-0.05, 0) is 42.5 Å². The van der Waals surface area contributed by atoms with Gasteiger partial charge in [-0.15, -0.1) is 0 Å². The molecule has 1 atom stereocenters. The molecule has 0 bridgehead atoms. The Morgan fingerprint density at radius 3 is 2.33 bits per heavy atom. The minimum atomic E-state index is -0.320. The zero-order chi connectivity index (χ0) is 10.8. The summed E-state index contributed by atoms with van der Waals surface area (Å²) in [6.07, 6.45) is 4.43. The van der Waals surface area contributed by atoms with Crippen molar-refractivity contribution in [2.75, 3.05) is 0 Å². The van der Waals surface area contributed by atoms with Gasteiger partial charge >= 0.3 is 0 Å². The third kappa shape index (κ3) is 3.58. The average molecular weight is 334 g/mol. The molecule has 1 fully saturated rings. The Labute approximate surface area is 107 Å². The molecule has 1 N–H and O–H groups in total. The molecular formula is C12H14Br2O. The Morgan fingerprint density at radius 2 is 1.80 bits per heavy atom. The van der Waals surface area contributed by atoms with Gasteiger partial charge in [0.2, 0.25) is 0 Å². The molecule has 0 amide bonds. The SMILES string of the molecule is OC(CCC1CC1)c1cc(Br)cc(Br)c1. The number of benzene rings is 1. The Bertz CT molecular complexity index is 327. The standard InChI is InChI=1S/C12H14Br2O/c13-10-5-9(6-11(14)7-10)12(15)4-3-8-1-2-8/h5-8,12,15H,1-4H2. The first-order valence-corrected chi connectivity index (χ1v) is 6.88. The van der Waals surface area contributed by atoms with Crippen molar-refractivity contribution < 1.29 is 5.11 Å². The van der Waals surface area contributed by atoms with Gasteiger partial charge in [0.25, 0.3) is 0 Å². The van der Waals surface area contributed by atoms with E-state index in [1.165, 1.54) is 12.8 Å². The smallest absolute Gasteiger partial charge is 0.0790 e. The summed E-state index contributed by atoms with van der Waals surface area (Å²) in [6.45, 7) is 0. The van der Waals surface area contributed by atoms with Gasteiger partial charge in [0.05, 0.1) is 6.10 Å². The number of rotatable bonds is 4. The molecule has 0 aromatic heterocycles. The molecule has 15 heavy (non-hydrogen) atoms. The van der Waals surface area contributed by atoms with Crippen molar-refractivity contribution in [2.45, 2.75) is 31.8 Å². The van der Waals surface area contributed by atoms with Crippen molar-refractivity contribution in [1.29, 1.82) is 0 Å². The van der Waals surface area contributed by atoms with E-state index < -0.39 is 0 Å². The minimum Gasteiger partial charge on any atom is -0.388 e. The summed E-state index contributed by atoms with van der Waals surface area (Å²) < 4.78 is 2.02. The summed E-state index contributed by atoms with van der Waals surface area (Å²) in [4.78, 5) is 0. The molecule has 1 aliphatic carbocycles. The summed E-state index contributed by atoms with van der Waals surface area (Å²) in [6, 6.07) is 5.96. The van der Waals surface area contributed by atoms with Crippen molar-refractivity contribution in [2.24, 2.45) is 5.92 Å². The van der Waals surface area contributed by atoms with Gasteiger partial charge in [-0.25, -0.2) is 0 Å². The molecule has 1 saturated carbocycles. The number of hydrogen-bond donors (Lipinski definition) is 1. The van der Waals surface area contributed by atoms with Crippen LogP contribution in [0.4, 0.5) is 0 Å². The molecule has 0 spiro atoms. The maximum atomic E-state index is 10.0. The van der Waals surface area contributed by atoms with Crippen molar-refractivity contribution in [3.63, 3.8) is 0 Å². The normalized spacial score (nSPS) is 17.8. The highest BCUT2D eigenvalue weighted by atomic mass is 79.9. The van der Waals surface area contributed by atoms with Gasteiger partial charge in [-0.3, -0.25) is 0 Å². The molecule has 1 nitrogen and oxygen atoms in total. The fourth-order valence-corrected chi connectivity index (χ4v) is 3.06. The van der Waals surface area contributed by atoms with Crippen LogP contribution in [-0.4, -0.2) is 5.11 Å². The largest absolute Gasteiger partial charge is 0.388 e. The Morgan fingerprint density at radius 1 is 1.20 bits per heavy atom. The number of aliphatic hydroxyl groups excluding tert-OH is 1. The molecular weight excluding hydrogens is 320 g/mol. The number of aliphatic hydroxyl groups is 1. The number of halogens is 2. The molecule has 2 rings (SSSR count). The summed E-state index contributed by atoms with van der Waals surface area (Å²) in [5, 5.41) is 10.0. The Hall–Kier alpha value is 0.140. The lowest BCUT2D eigenvalue weighted by atomic mass is 10.0. The molecule has 0 heterocycles. The lowest BCUT2D eigenvalue weighted by molar-refractivity contribution is 0.162. The second-order valence-electron chi connectivity index (χ2n) is 4.24. The summed E-state index contributed by atoms with van der Waals surface area (Å²) in [7, 11) is 0. The van der Waals surface area contributed by atoms with Gasteiger partial charge in [0.1, 0.15) is 0 Å². The molecule has 1 unspecified atom stereocenters. The van der Waals surface area contributed by atoms with E-state index in [0.717, 1.165) is 33.3 Å². The predicted octanol–water partition coefficient (Wildman–Crippen LogP) is 4.44. The van der Waals surface area contributed by atoms with Gasteiger partial charge in [-0.1, -0.05) is 44.7 Å². The van der Waals surface area contributed by atoms with Crippen LogP contribution < -0.4 is 0 Å². The first-order valence-electron chi connectivity index (χ1n) is 5.29. The first-order chi connectivity index (χ1) is 7.15. The van der Waals surface area contributed by atoms with E-state index in [9.17, 15) is 5.11 Å². The third-order valence-corrected chi connectivity index (χ3v) is 3.73. The van der Waals surface area contributed by atoms with E-state index >= 15 is 0 Å². The van der Waals surface area contributed by atoms with E-state index in [2.05, 4.69) is 31.9 Å². The van der Waals surface area contributed by atoms with E-state index in [1.54, 1.807) is 0 Å². The molecule has 1 aromatic rings. The van der Waals surface area contributed by atoms with E-state index in [4.69, 9.17) is 0 Å². The second kappa shape index (κ2) is 4.98. The fraction of sp³-hybridized carbons (Fsp3) is 0.500. The second-order valence-corrected chi connectivity index (χ2v) is 6.07. The van der Waals surface area contributed by atoms with Crippen LogP contribution in [0.2, 0.25) is 0 Å². The first kappa shape index (κ1) is 11.6. The molecule has 0 radical (unpaired) electrons. The van der Waals surface area contributed by atoms with Crippen LogP contribution in [-0.2, 0) is 0 Å². The van der Waals surface area contributed by atoms with Crippen LogP contribution >= 0.6 is 31.9 Å². The van der Waals surface area contributed by atoms with Crippen molar-refractivity contribution in [1.82, 2.24) is 0 Å². The fourth-order valence-electron chi connectivity index (χ4n) is 1.73. The molecule has 3 heteroatoms. The number of hydrogen-bond acceptors (Lipinski definition) is 1. The zero-order valence-corrected chi connectivity index (χ0v) is 11.6. The molecule has 1 aromatic carbocycles. The van der Waals surface area contributed by atoms with Crippen molar-refractivity contribution in [3.05, 3.63) is 32.7 Å². The van der Waals surface area contributed by atoms with Gasteiger partial charge in [-0.2, -0.15) is 0 Å². The lowest BCUT2D eigenvalue weighted by Gasteiger charge is -2.11. The van der Waals surface area contributed by atoms with E-state index in [1.807, 2.05) is 18.2 Å². The molecule has 0 saturated heterocycles. The van der Waals surface area contributed by atoms with Crippen LogP contribution in [0.5, 0.6) is 0 Å². The van der Waals surface area contributed by atoms with E-state index in [0.29, 0.717) is 0 Å². The average Bonchev–Trinajstić information content (AvgIpc) is 2.96. The minimum absolute atomic E-state index is 0.320. The summed E-state index contributed by atoms with van der Waals surface area (Å²) in [5.41, 5.74) is 0.997. The van der Waals surface area contributed by atoms with Crippen LogP contribution in [0.3, 0.4) is 0 Å². The Balaban J connectivity index is 1.99. The quantitative estimate of drug-likeness (QED) is 0.863. The maximum absolute atomic E-state index is 10.0. The van der Waals surface area contributed by atoms with Crippen LogP contribution in [0, 0.1) is 5.92 Å². The highest BCUT2D eigenvalue weighted by molar-refractivity contribution is 9.11. The van der Waals surface area contributed by atoms with Gasteiger partial charge < -0.3 is 5.11 Å². The Kier molecular flexibility index (Phi) is 3.86. The maximum Gasteiger partial charge on any atom is 0.0790 e. The van der Waals surface area contributed by atoms with Gasteiger partial charge in [0.15, 0.2) is 0 Å². The highest BCUT2D eigenvalue weighted by Crippen LogP contribution is 2.36. The van der Waals surface area contributed by atoms with Crippen LogP contribution in [0.25, 0.3) is 0 Å². The molecule has 1 aliphatic rings. The van der Waals surface area contributed by atoms with Crippen molar-refractivity contribution >= 4 is 31.9 Å². The topological polar surface area (TPSA) is 20.2 Å². The zero-order valence-electron chi connectivity index (χ0n) is 8.42. The molecule has 0 aliphatic heterocycles. The summed E-state index contributed by atoms with van der Waals surface area (Å²) in [5.74, 6) is 0.884. The van der Waals surface area contributed by atoms with Gasteiger partial charge in [0, 0.05) is 8.95 Å².